The van der Waals surface area contributed by atoms with E-state index in [0.717, 1.165) is 17.1 Å². The van der Waals surface area contributed by atoms with Crippen LogP contribution in [0.25, 0.3) is 0 Å². The molecule has 0 radical (unpaired) electrons. The van der Waals surface area contributed by atoms with Gasteiger partial charge in [0.15, 0.2) is 5.17 Å². The third-order valence-corrected chi connectivity index (χ3v) is 2.59. The molecule has 0 saturated carbocycles. The fourth-order valence-corrected chi connectivity index (χ4v) is 1.60. The first-order valence-corrected chi connectivity index (χ1v) is 5.33. The number of hydrogen-bond donors (Lipinski definition) is 2. The highest BCUT2D eigenvalue weighted by atomic mass is 32.2. The maximum atomic E-state index is 7.12. The molecule has 0 aromatic heterocycles. The lowest BCUT2D eigenvalue weighted by Gasteiger charge is -2.07. The summed E-state index contributed by atoms with van der Waals surface area (Å²) in [4.78, 5) is 0. The van der Waals surface area contributed by atoms with Crippen molar-refractivity contribution in [3.8, 4) is 11.5 Å². The van der Waals surface area contributed by atoms with Crippen molar-refractivity contribution in [3.05, 3.63) is 23.8 Å². The topological polar surface area (TPSA) is 68.3 Å². The molecule has 0 spiro atoms. The van der Waals surface area contributed by atoms with Gasteiger partial charge in [0.2, 0.25) is 0 Å². The van der Waals surface area contributed by atoms with Crippen molar-refractivity contribution in [2.75, 3.05) is 14.2 Å². The Hall–Kier alpha value is -1.36. The average molecular weight is 226 g/mol. The summed E-state index contributed by atoms with van der Waals surface area (Å²) in [6.07, 6.45) is 0. The molecule has 4 nitrogen and oxygen atoms in total. The van der Waals surface area contributed by atoms with Crippen LogP contribution in [0, 0.1) is 5.41 Å². The van der Waals surface area contributed by atoms with Gasteiger partial charge in [-0.2, -0.15) is 0 Å². The van der Waals surface area contributed by atoms with E-state index in [9.17, 15) is 0 Å². The molecule has 1 rings (SSSR count). The number of methoxy groups -OCH3 is 2. The number of rotatable bonds is 4. The number of amidine groups is 1. The van der Waals surface area contributed by atoms with Crippen LogP contribution in [0.5, 0.6) is 11.5 Å². The number of benzene rings is 1. The largest absolute Gasteiger partial charge is 0.497 e. The minimum Gasteiger partial charge on any atom is -0.497 e. The predicted octanol–water partition coefficient (Wildman–Crippen LogP) is 1.83. The summed E-state index contributed by atoms with van der Waals surface area (Å²) in [5, 5.41) is 7.23. The second kappa shape index (κ2) is 5.50. The van der Waals surface area contributed by atoms with Crippen molar-refractivity contribution in [2.24, 2.45) is 5.73 Å². The third kappa shape index (κ3) is 3.71. The zero-order valence-corrected chi connectivity index (χ0v) is 9.56. The zero-order chi connectivity index (χ0) is 11.3. The SMILES string of the molecule is COc1cc(CSC(=N)N)cc(OC)c1. The van der Waals surface area contributed by atoms with E-state index in [1.165, 1.54) is 11.8 Å². The highest BCUT2D eigenvalue weighted by molar-refractivity contribution is 8.13. The second-order valence-corrected chi connectivity index (χ2v) is 3.89. The van der Waals surface area contributed by atoms with Crippen LogP contribution in [-0.2, 0) is 5.75 Å². The molecule has 0 atom stereocenters. The van der Waals surface area contributed by atoms with Gasteiger partial charge in [-0.05, 0) is 17.7 Å². The van der Waals surface area contributed by atoms with E-state index in [1.807, 2.05) is 18.2 Å². The van der Waals surface area contributed by atoms with Gasteiger partial charge in [-0.1, -0.05) is 11.8 Å². The van der Waals surface area contributed by atoms with E-state index >= 15 is 0 Å². The van der Waals surface area contributed by atoms with Crippen LogP contribution in [0.3, 0.4) is 0 Å². The molecule has 0 heterocycles. The summed E-state index contributed by atoms with van der Waals surface area (Å²) in [6.45, 7) is 0. The molecule has 15 heavy (non-hydrogen) atoms. The van der Waals surface area contributed by atoms with Gasteiger partial charge < -0.3 is 15.2 Å². The molecule has 5 heteroatoms. The van der Waals surface area contributed by atoms with E-state index in [2.05, 4.69) is 0 Å². The minimum absolute atomic E-state index is 0.108. The highest BCUT2D eigenvalue weighted by Crippen LogP contribution is 2.24. The van der Waals surface area contributed by atoms with Gasteiger partial charge in [-0.25, -0.2) is 0 Å². The zero-order valence-electron chi connectivity index (χ0n) is 8.74. The van der Waals surface area contributed by atoms with E-state index in [4.69, 9.17) is 20.6 Å². The molecular formula is C10H14N2O2S. The quantitative estimate of drug-likeness (QED) is 0.607. The number of nitrogens with one attached hydrogen (secondary N) is 1. The number of nitrogens with two attached hydrogens (primary N) is 1. The molecule has 82 valence electrons. The van der Waals surface area contributed by atoms with Crippen LogP contribution in [0.4, 0.5) is 0 Å². The lowest BCUT2D eigenvalue weighted by atomic mass is 10.2. The Morgan fingerprint density at radius 1 is 1.27 bits per heavy atom. The highest BCUT2D eigenvalue weighted by Gasteiger charge is 2.02. The van der Waals surface area contributed by atoms with Crippen LogP contribution >= 0.6 is 11.8 Å². The Morgan fingerprint density at radius 3 is 2.20 bits per heavy atom. The Kier molecular flexibility index (Phi) is 4.30. The van der Waals surface area contributed by atoms with Gasteiger partial charge in [0.1, 0.15) is 11.5 Å². The molecule has 0 fully saturated rings. The smallest absolute Gasteiger partial charge is 0.151 e. The first-order valence-electron chi connectivity index (χ1n) is 4.34. The molecule has 3 N–H and O–H groups in total. The Labute approximate surface area is 93.3 Å². The van der Waals surface area contributed by atoms with Crippen molar-refractivity contribution in [1.82, 2.24) is 0 Å². The first kappa shape index (κ1) is 11.7. The fraction of sp³-hybridized carbons (Fsp3) is 0.300. The van der Waals surface area contributed by atoms with Gasteiger partial charge in [-0.3, -0.25) is 5.41 Å². The van der Waals surface area contributed by atoms with E-state index in [0.29, 0.717) is 5.75 Å². The summed E-state index contributed by atoms with van der Waals surface area (Å²) >= 11 is 1.27. The second-order valence-electron chi connectivity index (χ2n) is 2.87. The average Bonchev–Trinajstić information content (AvgIpc) is 2.25. The van der Waals surface area contributed by atoms with Crippen molar-refractivity contribution < 1.29 is 9.47 Å². The molecular weight excluding hydrogens is 212 g/mol. The van der Waals surface area contributed by atoms with E-state index in [1.54, 1.807) is 14.2 Å². The van der Waals surface area contributed by atoms with Gasteiger partial charge in [0.25, 0.3) is 0 Å². The maximum absolute atomic E-state index is 7.12. The van der Waals surface area contributed by atoms with Crippen molar-refractivity contribution >= 4 is 16.9 Å². The van der Waals surface area contributed by atoms with Crippen LogP contribution < -0.4 is 15.2 Å². The van der Waals surface area contributed by atoms with Crippen LogP contribution in [0.2, 0.25) is 0 Å². The lowest BCUT2D eigenvalue weighted by molar-refractivity contribution is 0.393. The Morgan fingerprint density at radius 2 is 1.80 bits per heavy atom. The molecule has 0 aliphatic rings. The monoisotopic (exact) mass is 226 g/mol. The fourth-order valence-electron chi connectivity index (χ4n) is 1.11. The standard InChI is InChI=1S/C10H14N2O2S/c1-13-8-3-7(6-15-10(11)12)4-9(5-8)14-2/h3-5H,6H2,1-2H3,(H3,11,12). The number of hydrogen-bond acceptors (Lipinski definition) is 4. The summed E-state index contributed by atoms with van der Waals surface area (Å²) in [5.74, 6) is 2.13. The predicted molar refractivity (Wildman–Crippen MR) is 62.8 cm³/mol. The van der Waals surface area contributed by atoms with Crippen LogP contribution in [-0.4, -0.2) is 19.4 Å². The number of thioether (sulfide) groups is 1. The van der Waals surface area contributed by atoms with Gasteiger partial charge in [0.05, 0.1) is 14.2 Å². The first-order chi connectivity index (χ1) is 7.15. The maximum Gasteiger partial charge on any atom is 0.151 e. The molecule has 1 aromatic carbocycles. The van der Waals surface area contributed by atoms with Crippen LogP contribution in [0.15, 0.2) is 18.2 Å². The number of ether oxygens (including phenoxy) is 2. The van der Waals surface area contributed by atoms with Crippen molar-refractivity contribution in [3.63, 3.8) is 0 Å². The Balaban J connectivity index is 2.81. The van der Waals surface area contributed by atoms with Crippen molar-refractivity contribution in [1.29, 1.82) is 5.41 Å². The van der Waals surface area contributed by atoms with E-state index in [-0.39, 0.29) is 5.17 Å². The molecule has 1 aromatic rings. The van der Waals surface area contributed by atoms with Gasteiger partial charge in [-0.15, -0.1) is 0 Å². The summed E-state index contributed by atoms with van der Waals surface area (Å²) in [6, 6.07) is 5.61. The van der Waals surface area contributed by atoms with Gasteiger partial charge >= 0.3 is 0 Å². The van der Waals surface area contributed by atoms with Gasteiger partial charge in [0, 0.05) is 11.8 Å². The summed E-state index contributed by atoms with van der Waals surface area (Å²) < 4.78 is 10.3. The molecule has 0 aliphatic heterocycles. The molecule has 0 bridgehead atoms. The molecule has 0 amide bonds. The summed E-state index contributed by atoms with van der Waals surface area (Å²) in [5.41, 5.74) is 6.28. The lowest BCUT2D eigenvalue weighted by Crippen LogP contribution is -2.03. The Bertz CT molecular complexity index is 333. The van der Waals surface area contributed by atoms with Crippen LogP contribution in [0.1, 0.15) is 5.56 Å². The normalized spacial score (nSPS) is 9.73. The van der Waals surface area contributed by atoms with Crippen molar-refractivity contribution in [2.45, 2.75) is 5.75 Å². The third-order valence-electron chi connectivity index (χ3n) is 1.81. The van der Waals surface area contributed by atoms with E-state index < -0.39 is 0 Å². The molecule has 0 aliphatic carbocycles. The molecule has 0 saturated heterocycles. The summed E-state index contributed by atoms with van der Waals surface area (Å²) in [7, 11) is 3.22. The molecule has 0 unspecified atom stereocenters. The minimum atomic E-state index is 0.108.